The third-order valence-corrected chi connectivity index (χ3v) is 4.80. The number of imidazole rings is 1. The second-order valence-electron chi connectivity index (χ2n) is 7.07. The maximum absolute atomic E-state index is 12.8. The lowest BCUT2D eigenvalue weighted by atomic mass is 10.3. The number of benzene rings is 1. The lowest BCUT2D eigenvalue weighted by Crippen LogP contribution is -2.38. The number of aromatic nitrogens is 4. The Morgan fingerprint density at radius 2 is 1.83 bits per heavy atom. The first-order valence-corrected chi connectivity index (χ1v) is 9.71. The van der Waals surface area contributed by atoms with E-state index in [0.717, 1.165) is 4.57 Å². The van der Waals surface area contributed by atoms with Gasteiger partial charge in [-0.2, -0.15) is 4.98 Å². The van der Waals surface area contributed by atoms with Gasteiger partial charge in [-0.15, -0.1) is 0 Å². The summed E-state index contributed by atoms with van der Waals surface area (Å²) in [5.41, 5.74) is -0.692. The van der Waals surface area contributed by atoms with Gasteiger partial charge in [0.05, 0.1) is 12.6 Å². The van der Waals surface area contributed by atoms with Crippen LogP contribution in [0.2, 0.25) is 5.02 Å². The Bertz CT molecular complexity index is 1150. The second-order valence-corrected chi connectivity index (χ2v) is 7.51. The van der Waals surface area contributed by atoms with Crippen LogP contribution in [0, 0.1) is 0 Å². The fraction of sp³-hybridized carbons (Fsp3) is 0.421. The minimum Gasteiger partial charge on any atom is -0.491 e. The van der Waals surface area contributed by atoms with E-state index in [0.29, 0.717) is 10.8 Å². The molecule has 0 aliphatic heterocycles. The molecule has 0 saturated carbocycles. The molecule has 10 nitrogen and oxygen atoms in total. The van der Waals surface area contributed by atoms with Crippen molar-refractivity contribution in [3.8, 4) is 5.75 Å². The van der Waals surface area contributed by atoms with Crippen LogP contribution in [0.4, 0.5) is 5.95 Å². The van der Waals surface area contributed by atoms with E-state index in [-0.39, 0.29) is 36.8 Å². The van der Waals surface area contributed by atoms with Gasteiger partial charge in [0.25, 0.3) is 5.56 Å². The fourth-order valence-electron chi connectivity index (χ4n) is 2.98. The number of fused-ring (bicyclic) bond motifs is 1. The molecule has 3 aromatic rings. The molecule has 0 fully saturated rings. The molecular weight excluding hydrogens is 414 g/mol. The Morgan fingerprint density at radius 3 is 2.47 bits per heavy atom. The third kappa shape index (κ3) is 4.50. The van der Waals surface area contributed by atoms with Crippen LogP contribution in [0.5, 0.6) is 5.75 Å². The van der Waals surface area contributed by atoms with E-state index in [9.17, 15) is 19.8 Å². The molecule has 2 heterocycles. The van der Waals surface area contributed by atoms with Gasteiger partial charge in [-0.1, -0.05) is 11.6 Å². The standard InChI is InChI=1S/C19H24ClN5O5/c1-11(26)8-21-18-22-16-15(17(28)24(3)19(29)23(16)2)25(18)9-13(27)10-30-14-6-4-12(20)5-7-14/h4-7,11,13,26-27H,8-10H2,1-3H3,(H,21,22)/t11-,13-/m0/s1. The lowest BCUT2D eigenvalue weighted by molar-refractivity contribution is 0.0938. The molecule has 0 aliphatic carbocycles. The molecule has 30 heavy (non-hydrogen) atoms. The van der Waals surface area contributed by atoms with Gasteiger partial charge in [0.15, 0.2) is 11.2 Å². The van der Waals surface area contributed by atoms with Crippen molar-refractivity contribution in [3.63, 3.8) is 0 Å². The average Bonchev–Trinajstić information content (AvgIpc) is 3.07. The van der Waals surface area contributed by atoms with Gasteiger partial charge >= 0.3 is 5.69 Å². The van der Waals surface area contributed by atoms with Crippen molar-refractivity contribution in [2.75, 3.05) is 18.5 Å². The first-order chi connectivity index (χ1) is 14.2. The van der Waals surface area contributed by atoms with Gasteiger partial charge in [-0.05, 0) is 31.2 Å². The number of nitrogens with zero attached hydrogens (tertiary/aromatic N) is 4. The molecule has 11 heteroatoms. The smallest absolute Gasteiger partial charge is 0.332 e. The summed E-state index contributed by atoms with van der Waals surface area (Å²) in [5.74, 6) is 0.800. The molecule has 0 unspecified atom stereocenters. The number of aliphatic hydroxyl groups excluding tert-OH is 2. The van der Waals surface area contributed by atoms with Gasteiger partial charge in [-0.25, -0.2) is 4.79 Å². The van der Waals surface area contributed by atoms with Crippen molar-refractivity contribution < 1.29 is 14.9 Å². The van der Waals surface area contributed by atoms with Gasteiger partial charge in [0.1, 0.15) is 18.5 Å². The van der Waals surface area contributed by atoms with Crippen molar-refractivity contribution in [1.82, 2.24) is 18.7 Å². The molecule has 0 spiro atoms. The predicted octanol–water partition coefficient (Wildman–Crippen LogP) is 0.320. The average molecular weight is 438 g/mol. The van der Waals surface area contributed by atoms with Crippen molar-refractivity contribution in [2.45, 2.75) is 25.7 Å². The largest absolute Gasteiger partial charge is 0.491 e. The summed E-state index contributed by atoms with van der Waals surface area (Å²) >= 11 is 5.85. The zero-order valence-corrected chi connectivity index (χ0v) is 17.6. The summed E-state index contributed by atoms with van der Waals surface area (Å²) in [6, 6.07) is 6.72. The van der Waals surface area contributed by atoms with Gasteiger partial charge in [0.2, 0.25) is 5.95 Å². The Labute approximate surface area is 176 Å². The van der Waals surface area contributed by atoms with Crippen molar-refractivity contribution in [1.29, 1.82) is 0 Å². The van der Waals surface area contributed by atoms with Crippen LogP contribution in [0.3, 0.4) is 0 Å². The van der Waals surface area contributed by atoms with Crippen LogP contribution in [-0.4, -0.2) is 54.3 Å². The van der Waals surface area contributed by atoms with Crippen molar-refractivity contribution in [2.24, 2.45) is 14.1 Å². The molecule has 0 aliphatic rings. The minimum atomic E-state index is -0.980. The van der Waals surface area contributed by atoms with Crippen molar-refractivity contribution in [3.05, 3.63) is 50.1 Å². The summed E-state index contributed by atoms with van der Waals surface area (Å²) in [7, 11) is 2.89. The maximum atomic E-state index is 12.8. The van der Waals surface area contributed by atoms with Crippen LogP contribution in [0.25, 0.3) is 11.2 Å². The molecule has 0 saturated heterocycles. The molecule has 3 rings (SSSR count). The topological polar surface area (TPSA) is 124 Å². The predicted molar refractivity (Wildman–Crippen MR) is 113 cm³/mol. The Balaban J connectivity index is 1.93. The van der Waals surface area contributed by atoms with E-state index in [1.54, 1.807) is 31.2 Å². The number of anilines is 1. The highest BCUT2D eigenvalue weighted by Crippen LogP contribution is 2.18. The normalized spacial score (nSPS) is 13.4. The van der Waals surface area contributed by atoms with E-state index in [4.69, 9.17) is 16.3 Å². The molecule has 0 radical (unpaired) electrons. The quantitative estimate of drug-likeness (QED) is 0.463. The number of nitrogens with one attached hydrogen (secondary N) is 1. The van der Waals surface area contributed by atoms with E-state index >= 15 is 0 Å². The first-order valence-electron chi connectivity index (χ1n) is 9.33. The maximum Gasteiger partial charge on any atom is 0.332 e. The summed E-state index contributed by atoms with van der Waals surface area (Å²) < 4.78 is 9.32. The minimum absolute atomic E-state index is 0.0142. The first kappa shape index (κ1) is 21.9. The Kier molecular flexibility index (Phi) is 6.49. The lowest BCUT2D eigenvalue weighted by Gasteiger charge is -2.16. The molecule has 1 aromatic carbocycles. The number of rotatable bonds is 8. The molecule has 0 amide bonds. The highest BCUT2D eigenvalue weighted by Gasteiger charge is 2.21. The molecular formula is C19H24ClN5O5. The highest BCUT2D eigenvalue weighted by molar-refractivity contribution is 6.30. The van der Waals surface area contributed by atoms with E-state index < -0.39 is 23.5 Å². The fourth-order valence-corrected chi connectivity index (χ4v) is 3.11. The number of halogens is 1. The number of ether oxygens (including phenoxy) is 1. The zero-order chi connectivity index (χ0) is 22.0. The van der Waals surface area contributed by atoms with Crippen LogP contribution < -0.4 is 21.3 Å². The number of hydrogen-bond donors (Lipinski definition) is 3. The SMILES string of the molecule is C[C@H](O)CNc1nc2c(c(=O)n(C)c(=O)n2C)n1C[C@H](O)COc1ccc(Cl)cc1. The number of aliphatic hydroxyl groups is 2. The number of aryl methyl sites for hydroxylation is 1. The molecule has 162 valence electrons. The summed E-state index contributed by atoms with van der Waals surface area (Å²) in [6.07, 6.45) is -1.64. The number of hydrogen-bond acceptors (Lipinski definition) is 7. The Morgan fingerprint density at radius 1 is 1.17 bits per heavy atom. The molecule has 3 N–H and O–H groups in total. The third-order valence-electron chi connectivity index (χ3n) is 4.55. The van der Waals surface area contributed by atoms with Crippen LogP contribution in [-0.2, 0) is 20.6 Å². The monoisotopic (exact) mass is 437 g/mol. The summed E-state index contributed by atoms with van der Waals surface area (Å²) in [6.45, 7) is 1.72. The zero-order valence-electron chi connectivity index (χ0n) is 16.9. The van der Waals surface area contributed by atoms with Crippen LogP contribution in [0.15, 0.2) is 33.9 Å². The molecule has 2 atom stereocenters. The van der Waals surface area contributed by atoms with E-state index in [1.165, 1.54) is 23.2 Å². The molecule has 2 aromatic heterocycles. The Hall–Kier alpha value is -2.82. The van der Waals surface area contributed by atoms with E-state index in [2.05, 4.69) is 10.3 Å². The van der Waals surface area contributed by atoms with Crippen LogP contribution >= 0.6 is 11.6 Å². The van der Waals surface area contributed by atoms with Crippen molar-refractivity contribution >= 4 is 28.7 Å². The van der Waals surface area contributed by atoms with Gasteiger partial charge in [0, 0.05) is 25.7 Å². The van der Waals surface area contributed by atoms with Gasteiger partial charge in [-0.3, -0.25) is 13.9 Å². The highest BCUT2D eigenvalue weighted by atomic mass is 35.5. The van der Waals surface area contributed by atoms with Crippen LogP contribution in [0.1, 0.15) is 6.92 Å². The molecule has 0 bridgehead atoms. The van der Waals surface area contributed by atoms with Gasteiger partial charge < -0.3 is 24.8 Å². The summed E-state index contributed by atoms with van der Waals surface area (Å²) in [4.78, 5) is 29.3. The summed E-state index contributed by atoms with van der Waals surface area (Å²) in [5, 5.41) is 23.6. The second kappa shape index (κ2) is 8.90. The van der Waals surface area contributed by atoms with E-state index in [1.807, 2.05) is 0 Å².